The molecule has 0 fully saturated rings. The van der Waals surface area contributed by atoms with Crippen LogP contribution in [-0.2, 0) is 32.7 Å². The van der Waals surface area contributed by atoms with E-state index < -0.39 is 18.5 Å². The molecule has 9 nitrogen and oxygen atoms in total. The number of hydrogen-bond acceptors (Lipinski definition) is 9. The Kier molecular flexibility index (Phi) is 47.7. The molecule has 0 saturated carbocycles. The van der Waals surface area contributed by atoms with Gasteiger partial charge in [0.25, 0.3) is 0 Å². The summed E-state index contributed by atoms with van der Waals surface area (Å²) < 4.78 is 0. The smallest absolute Gasteiger partial charge is 0.652 e. The van der Waals surface area contributed by atoms with E-state index in [2.05, 4.69) is 0 Å². The molecule has 0 aromatic carbocycles. The maximum Gasteiger partial charge on any atom is 3.00 e. The molecule has 0 aliphatic rings. The second-order valence-electron chi connectivity index (χ2n) is 0.750. The molecule has 0 aliphatic heterocycles. The van der Waals surface area contributed by atoms with E-state index in [9.17, 15) is 0 Å². The Labute approximate surface area is 113 Å². The van der Waals surface area contributed by atoms with Crippen molar-refractivity contribution in [2.45, 2.75) is 0 Å². The van der Waals surface area contributed by atoms with Crippen LogP contribution in [0.25, 0.3) is 0 Å². The molecule has 0 saturated heterocycles. The summed E-state index contributed by atoms with van der Waals surface area (Å²) in [5.41, 5.74) is 0. The van der Waals surface area contributed by atoms with E-state index in [0.717, 1.165) is 0 Å². The van der Waals surface area contributed by atoms with Crippen LogP contribution in [0.1, 0.15) is 0 Å². The van der Waals surface area contributed by atoms with Gasteiger partial charge in [-0.15, -0.1) is 0 Å². The van der Waals surface area contributed by atoms with Gasteiger partial charge in [-0.05, 0) is 18.5 Å². The van der Waals surface area contributed by atoms with Crippen molar-refractivity contribution in [1.82, 2.24) is 0 Å². The predicted molar refractivity (Wildman–Crippen MR) is 21.9 cm³/mol. The van der Waals surface area contributed by atoms with Crippen LogP contribution in [0.5, 0.6) is 0 Å². The van der Waals surface area contributed by atoms with Crippen molar-refractivity contribution in [2.24, 2.45) is 0 Å². The molecule has 0 bridgehead atoms. The van der Waals surface area contributed by atoms with E-state index in [1.54, 1.807) is 0 Å². The fourth-order valence-electron chi connectivity index (χ4n) is 0. The first-order valence-electron chi connectivity index (χ1n) is 1.84. The van der Waals surface area contributed by atoms with Crippen molar-refractivity contribution in [1.29, 1.82) is 0 Å². The summed E-state index contributed by atoms with van der Waals surface area (Å²) in [5, 5.41) is 50.0. The summed E-state index contributed by atoms with van der Waals surface area (Å²) >= 11 is 0. The molecule has 11 heteroatoms. The fraction of sp³-hybridized carbons (Fsp3) is 0. The summed E-state index contributed by atoms with van der Waals surface area (Å²) in [4.78, 5) is 25.0. The molecule has 0 rings (SSSR count). The summed E-state index contributed by atoms with van der Waals surface area (Å²) in [6, 6.07) is 0. The first-order valence-corrected chi connectivity index (χ1v) is 1.84. The molecule has 0 amide bonds. The minimum absolute atomic E-state index is 0. The van der Waals surface area contributed by atoms with E-state index in [-0.39, 0.29) is 50.1 Å². The maximum absolute atomic E-state index is 8.33. The number of hydrogen-bond donors (Lipinski definition) is 0. The molecule has 0 unspecified atom stereocenters. The van der Waals surface area contributed by atoms with Gasteiger partial charge in [0.2, 0.25) is 0 Å². The van der Waals surface area contributed by atoms with Crippen molar-refractivity contribution in [2.75, 3.05) is 0 Å². The van der Waals surface area contributed by atoms with Gasteiger partial charge in [-0.3, -0.25) is 0 Å². The molecule has 72 valence electrons. The molecule has 0 aromatic heterocycles. The fourth-order valence-corrected chi connectivity index (χ4v) is 0. The molecule has 0 radical (unpaired) electrons. The van der Waals surface area contributed by atoms with Crippen molar-refractivity contribution in [3.05, 3.63) is 0 Å². The van der Waals surface area contributed by atoms with Gasteiger partial charge in [-0.25, -0.2) is 0 Å². The van der Waals surface area contributed by atoms with Crippen molar-refractivity contribution < 1.29 is 77.7 Å². The van der Waals surface area contributed by atoms with Crippen LogP contribution in [0, 0.1) is 0 Å². The van der Waals surface area contributed by atoms with Gasteiger partial charge in [0.05, 0.1) is 0 Å². The van der Waals surface area contributed by atoms with E-state index in [0.29, 0.717) is 0 Å². The molecule has 0 aliphatic carbocycles. The van der Waals surface area contributed by atoms with Crippen LogP contribution in [0.4, 0.5) is 14.4 Å². The Morgan fingerprint density at radius 3 is 0.571 bits per heavy atom. The van der Waals surface area contributed by atoms with Crippen molar-refractivity contribution in [3.8, 4) is 0 Å². The monoisotopic (exact) mass is 296 g/mol. The standard InChI is InChI=1S/3CH2O3.Al.Y/c3*2-1(3)4;;/h3*(H2,2,3,4);;/q;;;2*+3/p-6. The second-order valence-corrected chi connectivity index (χ2v) is 0.750. The number of carbonyl (C=O) groups is 3. The zero-order valence-electron chi connectivity index (χ0n) is 6.33. The summed E-state index contributed by atoms with van der Waals surface area (Å²) in [6.07, 6.45) is -7.00. The zero-order chi connectivity index (χ0) is 10.7. The minimum Gasteiger partial charge on any atom is -0.652 e. The molecule has 0 atom stereocenters. The Bertz CT molecular complexity index is 118. The van der Waals surface area contributed by atoms with E-state index in [1.807, 2.05) is 0 Å². The molecular weight excluding hydrogens is 296 g/mol. The normalized spacial score (nSPS) is 5.14. The van der Waals surface area contributed by atoms with Crippen molar-refractivity contribution in [3.63, 3.8) is 0 Å². The SMILES string of the molecule is O=C([O-])[O-].O=C([O-])[O-].O=C([O-])[O-].[Al+3].[Y+3]. The number of carbonyl (C=O) groups excluding carboxylic acids is 3. The average molecular weight is 296 g/mol. The molecule has 0 spiro atoms. The van der Waals surface area contributed by atoms with Gasteiger partial charge in [0.1, 0.15) is 0 Å². The molecular formula is C3AlO9Y. The Hall–Kier alpha value is -0.554. The van der Waals surface area contributed by atoms with Crippen LogP contribution >= 0.6 is 0 Å². The first-order chi connectivity index (χ1) is 5.20. The van der Waals surface area contributed by atoms with Crippen LogP contribution in [0.3, 0.4) is 0 Å². The van der Waals surface area contributed by atoms with E-state index in [1.165, 1.54) is 0 Å². The third kappa shape index (κ3) is 4080. The van der Waals surface area contributed by atoms with Crippen LogP contribution in [-0.4, -0.2) is 35.8 Å². The Morgan fingerprint density at radius 2 is 0.571 bits per heavy atom. The van der Waals surface area contributed by atoms with E-state index >= 15 is 0 Å². The summed E-state index contributed by atoms with van der Waals surface area (Å²) in [7, 11) is 0. The third-order valence-electron chi connectivity index (χ3n) is 0. The number of carboxylic acid groups (broad SMARTS) is 6. The molecule has 14 heavy (non-hydrogen) atoms. The van der Waals surface area contributed by atoms with Gasteiger partial charge >= 0.3 is 50.1 Å². The second kappa shape index (κ2) is 22.9. The Morgan fingerprint density at radius 1 is 0.571 bits per heavy atom. The van der Waals surface area contributed by atoms with Gasteiger partial charge in [-0.1, -0.05) is 0 Å². The molecule has 0 aromatic rings. The van der Waals surface area contributed by atoms with Gasteiger partial charge in [0, 0.05) is 0 Å². The summed E-state index contributed by atoms with van der Waals surface area (Å²) in [6.45, 7) is 0. The average Bonchev–Trinajstić information content (AvgIpc) is 1.54. The first kappa shape index (κ1) is 29.2. The number of rotatable bonds is 0. The zero-order valence-corrected chi connectivity index (χ0v) is 10.3. The van der Waals surface area contributed by atoms with Crippen molar-refractivity contribution >= 4 is 35.8 Å². The summed E-state index contributed by atoms with van der Waals surface area (Å²) in [5.74, 6) is 0. The van der Waals surface area contributed by atoms with Crippen LogP contribution in [0.15, 0.2) is 0 Å². The van der Waals surface area contributed by atoms with Gasteiger partial charge < -0.3 is 45.0 Å². The third-order valence-corrected chi connectivity index (χ3v) is 0. The topological polar surface area (TPSA) is 190 Å². The molecule has 0 N–H and O–H groups in total. The van der Waals surface area contributed by atoms with E-state index in [4.69, 9.17) is 45.0 Å². The van der Waals surface area contributed by atoms with Gasteiger partial charge in [-0.2, -0.15) is 0 Å². The molecule has 0 heterocycles. The van der Waals surface area contributed by atoms with Crippen LogP contribution in [0.2, 0.25) is 0 Å². The quantitative estimate of drug-likeness (QED) is 0.390. The maximum atomic E-state index is 8.33. The Balaban J connectivity index is -0.0000000270. The van der Waals surface area contributed by atoms with Crippen LogP contribution < -0.4 is 30.6 Å². The minimum atomic E-state index is -2.33. The van der Waals surface area contributed by atoms with Gasteiger partial charge in [0.15, 0.2) is 0 Å². The predicted octanol–water partition coefficient (Wildman–Crippen LogP) is -7.72. The largest absolute Gasteiger partial charge is 3.00 e.